The van der Waals surface area contributed by atoms with Gasteiger partial charge in [-0.2, -0.15) is 4.98 Å². The topological polar surface area (TPSA) is 94.5 Å². The molecule has 6 aliphatic rings. The van der Waals surface area contributed by atoms with E-state index in [1.54, 1.807) is 6.20 Å². The van der Waals surface area contributed by atoms with Crippen LogP contribution in [0.15, 0.2) is 39.4 Å². The Bertz CT molecular complexity index is 1490. The predicted molar refractivity (Wildman–Crippen MR) is 157 cm³/mol. The Kier molecular flexibility index (Phi) is 6.92. The summed E-state index contributed by atoms with van der Waals surface area (Å²) in [6, 6.07) is 7.86. The Hall–Kier alpha value is -3.14. The van der Waals surface area contributed by atoms with Gasteiger partial charge in [0.1, 0.15) is 0 Å². The van der Waals surface area contributed by atoms with Gasteiger partial charge in [-0.15, -0.1) is 0 Å². The van der Waals surface area contributed by atoms with Crippen LogP contribution in [0.2, 0.25) is 0 Å². The number of carbonyl (C=O) groups is 1. The van der Waals surface area contributed by atoms with E-state index in [2.05, 4.69) is 10.1 Å². The quantitative estimate of drug-likeness (QED) is 0.248. The minimum Gasteiger partial charge on any atom is -0.440 e. The lowest BCUT2D eigenvalue weighted by Gasteiger charge is -2.53. The van der Waals surface area contributed by atoms with Crippen molar-refractivity contribution in [3.63, 3.8) is 0 Å². The molecule has 1 aromatic carbocycles. The van der Waals surface area contributed by atoms with E-state index in [1.807, 2.05) is 29.2 Å². The smallest absolute Gasteiger partial charge is 0.248 e. The van der Waals surface area contributed by atoms with Crippen molar-refractivity contribution in [1.82, 2.24) is 15.1 Å². The van der Waals surface area contributed by atoms with E-state index >= 15 is 0 Å². The van der Waals surface area contributed by atoms with E-state index in [0.29, 0.717) is 31.4 Å². The van der Waals surface area contributed by atoms with Crippen LogP contribution in [0.4, 0.5) is 14.5 Å². The number of aromatic nitrogens is 3. The first kappa shape index (κ1) is 28.3. The normalized spacial score (nSPS) is 28.6. The molecule has 0 unspecified atom stereocenters. The van der Waals surface area contributed by atoms with Gasteiger partial charge < -0.3 is 18.6 Å². The maximum absolute atomic E-state index is 13.9. The lowest BCUT2D eigenvalue weighted by Crippen LogP contribution is -2.51. The highest BCUT2D eigenvalue weighted by Gasteiger charge is 2.53. The van der Waals surface area contributed by atoms with E-state index in [4.69, 9.17) is 18.7 Å². The Morgan fingerprint density at radius 2 is 1.73 bits per heavy atom. The molecule has 5 saturated carbocycles. The molecule has 8 nitrogen and oxygen atoms in total. The third-order valence-electron chi connectivity index (χ3n) is 11.2. The lowest BCUT2D eigenvalue weighted by molar-refractivity contribution is -0.132. The Morgan fingerprint density at radius 1 is 0.977 bits per heavy atom. The summed E-state index contributed by atoms with van der Waals surface area (Å²) in [5.41, 5.74) is 1.54. The van der Waals surface area contributed by atoms with Crippen molar-refractivity contribution in [1.29, 1.82) is 0 Å². The van der Waals surface area contributed by atoms with Crippen molar-refractivity contribution in [2.45, 2.75) is 107 Å². The molecule has 0 N–H and O–H groups in total. The zero-order valence-electron chi connectivity index (χ0n) is 25.1. The van der Waals surface area contributed by atoms with Crippen molar-refractivity contribution in [3.8, 4) is 11.3 Å². The summed E-state index contributed by atoms with van der Waals surface area (Å²) in [4.78, 5) is 25.2. The van der Waals surface area contributed by atoms with E-state index in [0.717, 1.165) is 93.1 Å². The second-order valence-corrected chi connectivity index (χ2v) is 14.3. The third-order valence-corrected chi connectivity index (χ3v) is 11.2. The zero-order chi connectivity index (χ0) is 29.9. The van der Waals surface area contributed by atoms with Crippen LogP contribution >= 0.6 is 0 Å². The summed E-state index contributed by atoms with van der Waals surface area (Å²) in [5, 5.41) is 4.29. The van der Waals surface area contributed by atoms with Gasteiger partial charge in [-0.3, -0.25) is 4.79 Å². The minimum absolute atomic E-state index is 0.0290. The van der Waals surface area contributed by atoms with E-state index < -0.39 is 5.92 Å². The number of fused-ring (bicyclic) bond motifs is 3. The summed E-state index contributed by atoms with van der Waals surface area (Å²) < 4.78 is 44.9. The monoisotopic (exact) mass is 606 g/mol. The first-order valence-electron chi connectivity index (χ1n) is 16.5. The molecule has 234 valence electrons. The molecular formula is C34H40F2N4O4. The molecule has 1 aliphatic heterocycles. The first-order chi connectivity index (χ1) is 21.3. The number of amides is 1. The minimum atomic E-state index is -2.65. The Morgan fingerprint density at radius 3 is 2.43 bits per heavy atom. The molecule has 2 bridgehead atoms. The number of alkyl halides is 2. The van der Waals surface area contributed by atoms with E-state index in [-0.39, 0.29) is 47.8 Å². The third kappa shape index (κ3) is 5.37. The fourth-order valence-corrected chi connectivity index (χ4v) is 8.11. The number of nitrogens with zero attached hydrogens (tertiary/aromatic N) is 4. The van der Waals surface area contributed by atoms with Gasteiger partial charge in [-0.25, -0.2) is 13.8 Å². The van der Waals surface area contributed by atoms with Crippen molar-refractivity contribution in [2.24, 2.45) is 11.3 Å². The van der Waals surface area contributed by atoms with Crippen LogP contribution < -0.4 is 4.90 Å². The number of hydrogen-bond acceptors (Lipinski definition) is 7. The number of rotatable bonds is 9. The molecule has 3 aromatic rings. The maximum atomic E-state index is 13.9. The van der Waals surface area contributed by atoms with Crippen LogP contribution in [0.3, 0.4) is 0 Å². The molecule has 3 heterocycles. The molecule has 0 atom stereocenters. The standard InChI is InChI=1S/C34H40F2N4O4/c35-34(36)18-22(19-34)16-28(41)40(26-3-1-2-25(17-26)27-20-37-30(43-27)24-6-14-42-15-7-24)21-32-8-11-33(12-9-32,13-10-32)31-38-29(39-44-31)23-4-5-23/h1-3,17,20,22-24H,4-16,18-19,21H2. The Balaban J connectivity index is 1.03. The molecule has 44 heavy (non-hydrogen) atoms. The van der Waals surface area contributed by atoms with Gasteiger partial charge in [0.2, 0.25) is 17.7 Å². The molecule has 9 rings (SSSR count). The second-order valence-electron chi connectivity index (χ2n) is 14.3. The second kappa shape index (κ2) is 10.7. The molecule has 10 heteroatoms. The number of benzene rings is 1. The van der Waals surface area contributed by atoms with Crippen LogP contribution in [0, 0.1) is 11.3 Å². The molecule has 0 spiro atoms. The highest BCUT2D eigenvalue weighted by atomic mass is 19.3. The van der Waals surface area contributed by atoms with Crippen molar-refractivity contribution in [2.75, 3.05) is 24.7 Å². The van der Waals surface area contributed by atoms with Crippen LogP contribution in [0.5, 0.6) is 0 Å². The number of anilines is 1. The molecular weight excluding hydrogens is 566 g/mol. The SMILES string of the molecule is O=C(CC1CC(F)(F)C1)N(CC12CCC(c3nc(C4CC4)no3)(CC1)CC2)c1cccc(-c2cnc(C3CCOCC3)o2)c1. The number of ether oxygens (including phenoxy) is 1. The summed E-state index contributed by atoms with van der Waals surface area (Å²) in [5.74, 6) is 0.766. The first-order valence-corrected chi connectivity index (χ1v) is 16.5. The van der Waals surface area contributed by atoms with E-state index in [1.165, 1.54) is 0 Å². The van der Waals surface area contributed by atoms with Crippen LogP contribution in [0.25, 0.3) is 11.3 Å². The molecule has 6 fully saturated rings. The molecule has 0 radical (unpaired) electrons. The van der Waals surface area contributed by atoms with Crippen LogP contribution in [-0.2, 0) is 14.9 Å². The lowest BCUT2D eigenvalue weighted by atomic mass is 9.53. The van der Waals surface area contributed by atoms with Gasteiger partial charge >= 0.3 is 0 Å². The fourth-order valence-electron chi connectivity index (χ4n) is 8.11. The zero-order valence-corrected chi connectivity index (χ0v) is 25.1. The van der Waals surface area contributed by atoms with Crippen LogP contribution in [0.1, 0.15) is 113 Å². The van der Waals surface area contributed by atoms with Crippen LogP contribution in [-0.4, -0.2) is 46.7 Å². The fraction of sp³-hybridized carbons (Fsp3) is 0.647. The van der Waals surface area contributed by atoms with Crippen molar-refractivity contribution < 1.29 is 27.3 Å². The highest BCUT2D eigenvalue weighted by Crippen LogP contribution is 2.58. The predicted octanol–water partition coefficient (Wildman–Crippen LogP) is 7.56. The largest absolute Gasteiger partial charge is 0.440 e. The summed E-state index contributed by atoms with van der Waals surface area (Å²) >= 11 is 0. The molecule has 1 saturated heterocycles. The van der Waals surface area contributed by atoms with Gasteiger partial charge in [-0.1, -0.05) is 17.3 Å². The van der Waals surface area contributed by atoms with E-state index in [9.17, 15) is 13.6 Å². The number of carbonyl (C=O) groups excluding carboxylic acids is 1. The molecule has 1 amide bonds. The summed E-state index contributed by atoms with van der Waals surface area (Å²) in [7, 11) is 0. The van der Waals surface area contributed by atoms with Gasteiger partial charge in [-0.05, 0) is 87.7 Å². The average Bonchev–Trinajstić information content (AvgIpc) is 3.54. The van der Waals surface area contributed by atoms with Gasteiger partial charge in [0, 0.05) is 67.5 Å². The van der Waals surface area contributed by atoms with Gasteiger partial charge in [0.25, 0.3) is 0 Å². The number of halogens is 2. The highest BCUT2D eigenvalue weighted by molar-refractivity contribution is 5.94. The average molecular weight is 607 g/mol. The molecule has 2 aromatic heterocycles. The van der Waals surface area contributed by atoms with Gasteiger partial charge in [0.15, 0.2) is 17.5 Å². The Labute approximate surface area is 255 Å². The van der Waals surface area contributed by atoms with Crippen molar-refractivity contribution >= 4 is 11.6 Å². The van der Waals surface area contributed by atoms with Crippen molar-refractivity contribution in [3.05, 3.63) is 48.1 Å². The summed E-state index contributed by atoms with van der Waals surface area (Å²) in [6.45, 7) is 2.00. The number of oxazole rings is 1. The number of hydrogen-bond donors (Lipinski definition) is 0. The summed E-state index contributed by atoms with van der Waals surface area (Å²) in [6.07, 6.45) is 11.3. The van der Waals surface area contributed by atoms with Gasteiger partial charge in [0.05, 0.1) is 6.20 Å². The maximum Gasteiger partial charge on any atom is 0.248 e. The molecule has 5 aliphatic carbocycles.